The molecule has 0 aliphatic carbocycles. The van der Waals surface area contributed by atoms with E-state index in [1.807, 2.05) is 44.2 Å². The van der Waals surface area contributed by atoms with Gasteiger partial charge in [0.15, 0.2) is 5.76 Å². The lowest BCUT2D eigenvalue weighted by Gasteiger charge is -2.07. The molecule has 3 rings (SSSR count). The van der Waals surface area contributed by atoms with E-state index < -0.39 is 0 Å². The highest BCUT2D eigenvalue weighted by molar-refractivity contribution is 5.82. The fraction of sp³-hybridized carbons (Fsp3) is 0.368. The van der Waals surface area contributed by atoms with Gasteiger partial charge in [0.05, 0.1) is 18.2 Å². The van der Waals surface area contributed by atoms with Crippen molar-refractivity contribution in [1.82, 2.24) is 10.5 Å². The molecule has 0 fully saturated rings. The van der Waals surface area contributed by atoms with E-state index >= 15 is 0 Å². The van der Waals surface area contributed by atoms with Crippen LogP contribution in [0.15, 0.2) is 45.3 Å². The first-order valence-electron chi connectivity index (χ1n) is 8.44. The number of fused-ring (bicyclic) bond motifs is 1. The second-order valence-electron chi connectivity index (χ2n) is 6.13. The summed E-state index contributed by atoms with van der Waals surface area (Å²) >= 11 is 0. The molecular formula is C19H22N2O4. The zero-order valence-corrected chi connectivity index (χ0v) is 14.5. The van der Waals surface area contributed by atoms with Crippen LogP contribution in [0.2, 0.25) is 0 Å². The second kappa shape index (κ2) is 7.98. The lowest BCUT2D eigenvalue weighted by atomic mass is 10.2. The van der Waals surface area contributed by atoms with Crippen molar-refractivity contribution in [3.63, 3.8) is 0 Å². The fourth-order valence-electron chi connectivity index (χ4n) is 2.46. The number of para-hydroxylation sites is 1. The van der Waals surface area contributed by atoms with Crippen LogP contribution in [0.3, 0.4) is 0 Å². The highest BCUT2D eigenvalue weighted by Gasteiger charge is 2.14. The number of furan rings is 1. The number of carbonyl (C=O) groups is 1. The first-order valence-corrected chi connectivity index (χ1v) is 8.44. The summed E-state index contributed by atoms with van der Waals surface area (Å²) in [5, 5.41) is 7.80. The molecular weight excluding hydrogens is 320 g/mol. The molecule has 0 unspecified atom stereocenters. The number of hydrogen-bond acceptors (Lipinski definition) is 5. The van der Waals surface area contributed by atoms with Crippen molar-refractivity contribution in [2.24, 2.45) is 0 Å². The van der Waals surface area contributed by atoms with E-state index in [4.69, 9.17) is 13.7 Å². The third-order valence-corrected chi connectivity index (χ3v) is 3.66. The Balaban J connectivity index is 1.52. The smallest absolute Gasteiger partial charge is 0.226 e. The Hall–Kier alpha value is -2.60. The molecule has 2 heterocycles. The maximum absolute atomic E-state index is 11.9. The summed E-state index contributed by atoms with van der Waals surface area (Å²) in [4.78, 5) is 11.9. The van der Waals surface area contributed by atoms with Crippen molar-refractivity contribution < 1.29 is 18.5 Å². The summed E-state index contributed by atoms with van der Waals surface area (Å²) in [5.41, 5.74) is 1.36. The van der Waals surface area contributed by atoms with Crippen LogP contribution in [-0.4, -0.2) is 30.3 Å². The van der Waals surface area contributed by atoms with Crippen LogP contribution in [-0.2, 0) is 16.0 Å². The van der Waals surface area contributed by atoms with Gasteiger partial charge in [0.2, 0.25) is 11.7 Å². The minimum Gasteiger partial charge on any atom is -0.453 e. The van der Waals surface area contributed by atoms with E-state index in [9.17, 15) is 4.79 Å². The molecule has 3 aromatic rings. The molecule has 0 spiro atoms. The van der Waals surface area contributed by atoms with E-state index in [0.29, 0.717) is 30.4 Å². The molecule has 2 aromatic heterocycles. The largest absolute Gasteiger partial charge is 0.453 e. The molecule has 0 bridgehead atoms. The van der Waals surface area contributed by atoms with Crippen molar-refractivity contribution in [3.8, 4) is 11.5 Å². The predicted molar refractivity (Wildman–Crippen MR) is 94.1 cm³/mol. The van der Waals surface area contributed by atoms with Gasteiger partial charge in [0.25, 0.3) is 0 Å². The molecule has 132 valence electrons. The number of hydrogen-bond donors (Lipinski definition) is 1. The Morgan fingerprint density at radius 3 is 2.88 bits per heavy atom. The van der Waals surface area contributed by atoms with Crippen LogP contribution >= 0.6 is 0 Å². The number of rotatable bonds is 8. The molecule has 0 aliphatic rings. The number of ether oxygens (including phenoxy) is 1. The van der Waals surface area contributed by atoms with E-state index in [1.165, 1.54) is 0 Å². The number of nitrogens with one attached hydrogen (secondary N) is 1. The van der Waals surface area contributed by atoms with Crippen molar-refractivity contribution in [2.75, 3.05) is 13.2 Å². The van der Waals surface area contributed by atoms with Crippen LogP contribution in [0.25, 0.3) is 22.5 Å². The zero-order chi connectivity index (χ0) is 17.6. The molecule has 0 saturated carbocycles. The highest BCUT2D eigenvalue weighted by Crippen LogP contribution is 2.28. The Morgan fingerprint density at radius 2 is 2.08 bits per heavy atom. The van der Waals surface area contributed by atoms with Crippen LogP contribution in [0.1, 0.15) is 26.0 Å². The van der Waals surface area contributed by atoms with Crippen LogP contribution in [0.5, 0.6) is 0 Å². The molecule has 0 saturated heterocycles. The summed E-state index contributed by atoms with van der Waals surface area (Å²) in [6.45, 7) is 5.20. The lowest BCUT2D eigenvalue weighted by molar-refractivity contribution is -0.120. The molecule has 6 heteroatoms. The van der Waals surface area contributed by atoms with Crippen LogP contribution < -0.4 is 5.32 Å². The van der Waals surface area contributed by atoms with Gasteiger partial charge in [-0.2, -0.15) is 0 Å². The maximum atomic E-state index is 11.9. The van der Waals surface area contributed by atoms with E-state index in [1.54, 1.807) is 6.07 Å². The van der Waals surface area contributed by atoms with Crippen LogP contribution in [0, 0.1) is 0 Å². The number of aromatic nitrogens is 1. The number of carbonyl (C=O) groups excluding carboxylic acids is 1. The third kappa shape index (κ3) is 4.70. The van der Waals surface area contributed by atoms with Gasteiger partial charge in [0, 0.05) is 24.6 Å². The van der Waals surface area contributed by atoms with Crippen LogP contribution in [0.4, 0.5) is 0 Å². The van der Waals surface area contributed by atoms with Gasteiger partial charge in [-0.05, 0) is 32.4 Å². The van der Waals surface area contributed by atoms with E-state index in [-0.39, 0.29) is 18.4 Å². The molecule has 0 radical (unpaired) electrons. The Labute approximate surface area is 146 Å². The average molecular weight is 342 g/mol. The molecule has 1 amide bonds. The third-order valence-electron chi connectivity index (χ3n) is 3.66. The fourth-order valence-corrected chi connectivity index (χ4v) is 2.46. The predicted octanol–water partition coefficient (Wildman–Crippen LogP) is 3.56. The number of nitrogens with zero attached hydrogens (tertiary/aromatic N) is 1. The van der Waals surface area contributed by atoms with Gasteiger partial charge >= 0.3 is 0 Å². The maximum Gasteiger partial charge on any atom is 0.226 e. The van der Waals surface area contributed by atoms with Gasteiger partial charge in [-0.3, -0.25) is 4.79 Å². The summed E-state index contributed by atoms with van der Waals surface area (Å²) in [6.07, 6.45) is 1.17. The molecule has 1 N–H and O–H groups in total. The summed E-state index contributed by atoms with van der Waals surface area (Å²) < 4.78 is 16.5. The lowest BCUT2D eigenvalue weighted by Crippen LogP contribution is -2.27. The molecule has 0 atom stereocenters. The first kappa shape index (κ1) is 17.2. The normalized spacial score (nSPS) is 11.3. The monoisotopic (exact) mass is 342 g/mol. The standard InChI is InChI=1S/C19H22N2O4/c1-13(2)23-9-5-8-20-19(22)12-15-11-18(25-21-15)17-10-14-6-3-4-7-16(14)24-17/h3-4,6-7,10-11,13H,5,8-9,12H2,1-2H3,(H,20,22). The second-order valence-corrected chi connectivity index (χ2v) is 6.13. The van der Waals surface area contributed by atoms with E-state index in [0.717, 1.165) is 17.4 Å². The Kier molecular flexibility index (Phi) is 5.50. The van der Waals surface area contributed by atoms with Gasteiger partial charge in [0.1, 0.15) is 5.58 Å². The van der Waals surface area contributed by atoms with Crippen molar-refractivity contribution in [3.05, 3.63) is 42.1 Å². The number of benzene rings is 1. The minimum absolute atomic E-state index is 0.0889. The summed E-state index contributed by atoms with van der Waals surface area (Å²) in [6, 6.07) is 11.4. The van der Waals surface area contributed by atoms with Gasteiger partial charge in [-0.25, -0.2) is 0 Å². The SMILES string of the molecule is CC(C)OCCCNC(=O)Cc1cc(-c2cc3ccccc3o2)on1. The minimum atomic E-state index is -0.0889. The molecule has 25 heavy (non-hydrogen) atoms. The highest BCUT2D eigenvalue weighted by atomic mass is 16.5. The molecule has 6 nitrogen and oxygen atoms in total. The van der Waals surface area contributed by atoms with Crippen molar-refractivity contribution in [1.29, 1.82) is 0 Å². The molecule has 0 aliphatic heterocycles. The topological polar surface area (TPSA) is 77.5 Å². The first-order chi connectivity index (χ1) is 12.1. The zero-order valence-electron chi connectivity index (χ0n) is 14.5. The summed E-state index contributed by atoms with van der Waals surface area (Å²) in [5.74, 6) is 1.03. The van der Waals surface area contributed by atoms with Gasteiger partial charge in [-0.15, -0.1) is 0 Å². The Bertz CT molecular complexity index is 802. The Morgan fingerprint density at radius 1 is 1.24 bits per heavy atom. The average Bonchev–Trinajstić information content (AvgIpc) is 3.20. The van der Waals surface area contributed by atoms with Gasteiger partial charge in [-0.1, -0.05) is 23.4 Å². The van der Waals surface area contributed by atoms with Crippen molar-refractivity contribution in [2.45, 2.75) is 32.8 Å². The number of amides is 1. The quantitative estimate of drug-likeness (QED) is 0.633. The van der Waals surface area contributed by atoms with Crippen molar-refractivity contribution >= 4 is 16.9 Å². The summed E-state index contributed by atoms with van der Waals surface area (Å²) in [7, 11) is 0. The van der Waals surface area contributed by atoms with Gasteiger partial charge < -0.3 is 19.0 Å². The molecule has 1 aromatic carbocycles. The van der Waals surface area contributed by atoms with E-state index in [2.05, 4.69) is 10.5 Å².